The van der Waals surface area contributed by atoms with E-state index in [0.29, 0.717) is 6.61 Å². The first-order valence-corrected chi connectivity index (χ1v) is 3.83. The van der Waals surface area contributed by atoms with E-state index in [2.05, 4.69) is 5.73 Å². The first kappa shape index (κ1) is 7.98. The molecule has 0 aromatic heterocycles. The van der Waals surface area contributed by atoms with Crippen molar-refractivity contribution in [3.05, 3.63) is 0 Å². The van der Waals surface area contributed by atoms with Crippen LogP contribution in [0, 0.1) is 0 Å². The maximum Gasteiger partial charge on any atom is 0.111 e. The van der Waals surface area contributed by atoms with Crippen molar-refractivity contribution in [2.75, 3.05) is 6.61 Å². The molecule has 0 aromatic rings. The third-order valence-corrected chi connectivity index (χ3v) is 1.92. The molecule has 1 fully saturated rings. The number of hydrogen-bond donors (Lipinski definition) is 2. The molecule has 3 nitrogen and oxygen atoms in total. The van der Waals surface area contributed by atoms with Crippen LogP contribution in [-0.4, -0.2) is 30.0 Å². The number of aliphatic hydroxyl groups is 1. The Morgan fingerprint density at radius 1 is 1.70 bits per heavy atom. The second kappa shape index (κ2) is 3.32. The predicted octanol–water partition coefficient (Wildman–Crippen LogP) is -0.843. The minimum Gasteiger partial charge on any atom is -0.393 e. The molecule has 1 aliphatic rings. The van der Waals surface area contributed by atoms with Gasteiger partial charge in [-0.1, -0.05) is 0 Å². The fourth-order valence-corrected chi connectivity index (χ4v) is 1.21. The Bertz CT molecular complexity index is 106. The van der Waals surface area contributed by atoms with Crippen LogP contribution < -0.4 is 5.73 Å². The Labute approximate surface area is 61.2 Å². The van der Waals surface area contributed by atoms with Crippen molar-refractivity contribution in [2.24, 2.45) is 0 Å². The highest BCUT2D eigenvalue weighted by atomic mass is 16.5. The molecule has 0 amide bonds. The second-order valence-electron chi connectivity index (χ2n) is 3.06. The number of aliphatic hydroxyl groups excluding tert-OH is 1. The summed E-state index contributed by atoms with van der Waals surface area (Å²) in [5.41, 5.74) is 3.86. The predicted molar refractivity (Wildman–Crippen MR) is 37.3 cm³/mol. The number of hydrogen-bond acceptors (Lipinski definition) is 2. The average Bonchev–Trinajstić information content (AvgIpc) is 1.88. The molecule has 10 heavy (non-hydrogen) atoms. The quantitative estimate of drug-likeness (QED) is 0.506. The third kappa shape index (κ3) is 1.94. The van der Waals surface area contributed by atoms with Gasteiger partial charge in [0.15, 0.2) is 0 Å². The van der Waals surface area contributed by atoms with Crippen molar-refractivity contribution in [1.29, 1.82) is 0 Å². The zero-order valence-electron chi connectivity index (χ0n) is 6.42. The molecule has 1 saturated heterocycles. The van der Waals surface area contributed by atoms with Crippen LogP contribution in [0.2, 0.25) is 0 Å². The molecular weight excluding hydrogens is 130 g/mol. The van der Waals surface area contributed by atoms with Crippen molar-refractivity contribution in [3.8, 4) is 0 Å². The van der Waals surface area contributed by atoms with E-state index >= 15 is 0 Å². The Balaban J connectivity index is 2.32. The second-order valence-corrected chi connectivity index (χ2v) is 3.06. The van der Waals surface area contributed by atoms with E-state index in [9.17, 15) is 5.11 Å². The van der Waals surface area contributed by atoms with E-state index in [0.717, 1.165) is 12.8 Å². The molecule has 0 saturated carbocycles. The monoisotopic (exact) mass is 146 g/mol. The zero-order chi connectivity index (χ0) is 7.56. The third-order valence-electron chi connectivity index (χ3n) is 1.92. The summed E-state index contributed by atoms with van der Waals surface area (Å²) < 4.78 is 5.39. The lowest BCUT2D eigenvalue weighted by Crippen LogP contribution is -2.66. The van der Waals surface area contributed by atoms with E-state index < -0.39 is 0 Å². The lowest BCUT2D eigenvalue weighted by atomic mass is 10.0. The Kier molecular flexibility index (Phi) is 2.65. The summed E-state index contributed by atoms with van der Waals surface area (Å²) in [7, 11) is 0. The van der Waals surface area contributed by atoms with Gasteiger partial charge in [0.1, 0.15) is 12.1 Å². The average molecular weight is 146 g/mol. The molecule has 1 unspecified atom stereocenters. The SMILES string of the molecule is CC([NH3+])[C@@H]1C[C@H](O)CCO1. The smallest absolute Gasteiger partial charge is 0.111 e. The first-order chi connectivity index (χ1) is 4.70. The fourth-order valence-electron chi connectivity index (χ4n) is 1.21. The normalized spacial score (nSPS) is 37.5. The van der Waals surface area contributed by atoms with Gasteiger partial charge in [0.25, 0.3) is 0 Å². The van der Waals surface area contributed by atoms with E-state index in [-0.39, 0.29) is 18.2 Å². The highest BCUT2D eigenvalue weighted by molar-refractivity contribution is 4.73. The Morgan fingerprint density at radius 2 is 2.40 bits per heavy atom. The molecule has 0 bridgehead atoms. The minimum absolute atomic E-state index is 0.164. The summed E-state index contributed by atoms with van der Waals surface area (Å²) in [5, 5.41) is 9.22. The van der Waals surface area contributed by atoms with E-state index in [1.807, 2.05) is 6.92 Å². The van der Waals surface area contributed by atoms with Gasteiger partial charge in [0.05, 0.1) is 6.10 Å². The highest BCUT2D eigenvalue weighted by Crippen LogP contribution is 2.14. The first-order valence-electron chi connectivity index (χ1n) is 3.83. The molecule has 3 atom stereocenters. The van der Waals surface area contributed by atoms with Gasteiger partial charge in [0.2, 0.25) is 0 Å². The van der Waals surface area contributed by atoms with Crippen LogP contribution in [0.15, 0.2) is 0 Å². The number of quaternary nitrogens is 1. The summed E-state index contributed by atoms with van der Waals surface area (Å²) in [6, 6.07) is 0.287. The van der Waals surface area contributed by atoms with Gasteiger partial charge in [-0.2, -0.15) is 0 Å². The maximum atomic E-state index is 9.22. The standard InChI is InChI=1S/C7H15NO2/c1-5(8)7-4-6(9)2-3-10-7/h5-7,9H,2-4,8H2,1H3/p+1/t5?,6-,7+/m1/s1. The van der Waals surface area contributed by atoms with Gasteiger partial charge in [-0.3, -0.25) is 0 Å². The van der Waals surface area contributed by atoms with Crippen LogP contribution in [0.1, 0.15) is 19.8 Å². The number of rotatable bonds is 1. The molecule has 3 heteroatoms. The lowest BCUT2D eigenvalue weighted by Gasteiger charge is -2.27. The Morgan fingerprint density at radius 3 is 2.80 bits per heavy atom. The van der Waals surface area contributed by atoms with Crippen molar-refractivity contribution < 1.29 is 15.6 Å². The van der Waals surface area contributed by atoms with Crippen molar-refractivity contribution >= 4 is 0 Å². The summed E-state index contributed by atoms with van der Waals surface area (Å²) in [6.07, 6.45) is 1.54. The van der Waals surface area contributed by atoms with E-state index in [1.165, 1.54) is 0 Å². The van der Waals surface area contributed by atoms with E-state index in [4.69, 9.17) is 4.74 Å². The molecule has 60 valence electrons. The van der Waals surface area contributed by atoms with Crippen molar-refractivity contribution in [1.82, 2.24) is 0 Å². The van der Waals surface area contributed by atoms with Gasteiger partial charge in [-0.25, -0.2) is 0 Å². The molecular formula is C7H16NO2+. The molecule has 1 heterocycles. The fraction of sp³-hybridized carbons (Fsp3) is 1.00. The minimum atomic E-state index is -0.164. The molecule has 4 N–H and O–H groups in total. The molecule has 0 spiro atoms. The zero-order valence-corrected chi connectivity index (χ0v) is 6.42. The molecule has 0 radical (unpaired) electrons. The Hall–Kier alpha value is -0.120. The topological polar surface area (TPSA) is 57.1 Å². The lowest BCUT2D eigenvalue weighted by molar-refractivity contribution is -0.437. The highest BCUT2D eigenvalue weighted by Gasteiger charge is 2.25. The molecule has 0 aliphatic carbocycles. The summed E-state index contributed by atoms with van der Waals surface area (Å²) in [4.78, 5) is 0. The molecule has 1 rings (SSSR count). The summed E-state index contributed by atoms with van der Waals surface area (Å²) in [6.45, 7) is 2.70. The summed E-state index contributed by atoms with van der Waals surface area (Å²) >= 11 is 0. The van der Waals surface area contributed by atoms with Crippen LogP contribution in [0.5, 0.6) is 0 Å². The maximum absolute atomic E-state index is 9.22. The van der Waals surface area contributed by atoms with Gasteiger partial charge in [0, 0.05) is 13.0 Å². The van der Waals surface area contributed by atoms with Crippen LogP contribution in [0.25, 0.3) is 0 Å². The van der Waals surface area contributed by atoms with Crippen LogP contribution >= 0.6 is 0 Å². The molecule has 1 aliphatic heterocycles. The van der Waals surface area contributed by atoms with Gasteiger partial charge >= 0.3 is 0 Å². The van der Waals surface area contributed by atoms with Crippen LogP contribution in [0.4, 0.5) is 0 Å². The van der Waals surface area contributed by atoms with Crippen LogP contribution in [0.3, 0.4) is 0 Å². The van der Waals surface area contributed by atoms with Crippen LogP contribution in [-0.2, 0) is 4.74 Å². The molecule has 0 aromatic carbocycles. The largest absolute Gasteiger partial charge is 0.393 e. The van der Waals surface area contributed by atoms with Gasteiger partial charge in [-0.05, 0) is 13.3 Å². The number of ether oxygens (including phenoxy) is 1. The van der Waals surface area contributed by atoms with Crippen molar-refractivity contribution in [2.45, 2.75) is 38.0 Å². The summed E-state index contributed by atoms with van der Waals surface area (Å²) in [5.74, 6) is 0. The van der Waals surface area contributed by atoms with Gasteiger partial charge < -0.3 is 15.6 Å². The van der Waals surface area contributed by atoms with E-state index in [1.54, 1.807) is 0 Å². The van der Waals surface area contributed by atoms with Gasteiger partial charge in [-0.15, -0.1) is 0 Å². The van der Waals surface area contributed by atoms with Crippen molar-refractivity contribution in [3.63, 3.8) is 0 Å².